The number of nitrogens with one attached hydrogen (secondary N) is 2. The number of aromatic nitrogens is 1. The molecule has 0 amide bonds. The van der Waals surface area contributed by atoms with Crippen LogP contribution < -0.4 is 10.6 Å². The van der Waals surface area contributed by atoms with Crippen LogP contribution in [0.2, 0.25) is 0 Å². The van der Waals surface area contributed by atoms with Crippen LogP contribution in [-0.2, 0) is 4.74 Å². The van der Waals surface area contributed by atoms with E-state index in [9.17, 15) is 10.1 Å². The van der Waals surface area contributed by atoms with Crippen molar-refractivity contribution in [3.63, 3.8) is 0 Å². The number of anilines is 2. The van der Waals surface area contributed by atoms with Crippen molar-refractivity contribution in [3.05, 3.63) is 22.2 Å². The van der Waals surface area contributed by atoms with Gasteiger partial charge in [-0.3, -0.25) is 10.1 Å². The summed E-state index contributed by atoms with van der Waals surface area (Å²) in [6, 6.07) is 3.18. The number of nitro groups is 1. The van der Waals surface area contributed by atoms with Gasteiger partial charge in [0, 0.05) is 31.2 Å². The molecule has 110 valence electrons. The average molecular weight is 280 g/mol. The van der Waals surface area contributed by atoms with Gasteiger partial charge in [-0.05, 0) is 26.3 Å². The largest absolute Gasteiger partial charge is 0.381 e. The molecule has 20 heavy (non-hydrogen) atoms. The van der Waals surface area contributed by atoms with Crippen LogP contribution in [0.3, 0.4) is 0 Å². The van der Waals surface area contributed by atoms with Crippen molar-refractivity contribution < 1.29 is 9.66 Å². The van der Waals surface area contributed by atoms with Crippen LogP contribution in [0.25, 0.3) is 0 Å². The highest BCUT2D eigenvalue weighted by atomic mass is 16.6. The van der Waals surface area contributed by atoms with Gasteiger partial charge >= 0.3 is 5.69 Å². The molecule has 1 aromatic rings. The van der Waals surface area contributed by atoms with Crippen LogP contribution in [0.4, 0.5) is 17.3 Å². The van der Waals surface area contributed by atoms with Crippen LogP contribution in [-0.4, -0.2) is 35.7 Å². The SMILES string of the molecule is CCNc1ccc([N+](=O)[O-])c(NC(C)C2CCOC2)n1. The lowest BCUT2D eigenvalue weighted by Crippen LogP contribution is -2.27. The van der Waals surface area contributed by atoms with E-state index >= 15 is 0 Å². The zero-order valence-corrected chi connectivity index (χ0v) is 11.8. The summed E-state index contributed by atoms with van der Waals surface area (Å²) >= 11 is 0. The molecule has 1 aromatic heterocycles. The Kier molecular flexibility index (Phi) is 4.73. The van der Waals surface area contributed by atoms with Gasteiger partial charge in [0.15, 0.2) is 0 Å². The van der Waals surface area contributed by atoms with Crippen LogP contribution in [0.5, 0.6) is 0 Å². The van der Waals surface area contributed by atoms with Gasteiger partial charge in [-0.1, -0.05) is 0 Å². The van der Waals surface area contributed by atoms with E-state index < -0.39 is 4.92 Å². The molecule has 1 aliphatic rings. The van der Waals surface area contributed by atoms with E-state index in [1.165, 1.54) is 6.07 Å². The zero-order valence-electron chi connectivity index (χ0n) is 11.8. The van der Waals surface area contributed by atoms with Crippen molar-refractivity contribution in [1.82, 2.24) is 4.98 Å². The Morgan fingerprint density at radius 1 is 1.60 bits per heavy atom. The Morgan fingerprint density at radius 2 is 2.40 bits per heavy atom. The Labute approximate surface area is 117 Å². The molecular weight excluding hydrogens is 260 g/mol. The topological polar surface area (TPSA) is 89.3 Å². The van der Waals surface area contributed by atoms with E-state index in [2.05, 4.69) is 15.6 Å². The zero-order chi connectivity index (χ0) is 14.5. The molecule has 0 aliphatic carbocycles. The van der Waals surface area contributed by atoms with Gasteiger partial charge in [-0.25, -0.2) is 4.98 Å². The number of nitrogens with zero attached hydrogens (tertiary/aromatic N) is 2. The summed E-state index contributed by atoms with van der Waals surface area (Å²) in [7, 11) is 0. The minimum absolute atomic E-state index is 0.00239. The fraction of sp³-hybridized carbons (Fsp3) is 0.615. The summed E-state index contributed by atoms with van der Waals surface area (Å²) in [6.45, 7) is 6.12. The number of hydrogen-bond donors (Lipinski definition) is 2. The number of pyridine rings is 1. The maximum atomic E-state index is 11.1. The van der Waals surface area contributed by atoms with Gasteiger partial charge in [-0.15, -0.1) is 0 Å². The van der Waals surface area contributed by atoms with Crippen LogP contribution in [0.15, 0.2) is 12.1 Å². The molecule has 0 saturated carbocycles. The number of ether oxygens (including phenoxy) is 1. The van der Waals surface area contributed by atoms with E-state index in [4.69, 9.17) is 4.74 Å². The lowest BCUT2D eigenvalue weighted by atomic mass is 10.0. The molecule has 0 radical (unpaired) electrons. The third kappa shape index (κ3) is 3.36. The lowest BCUT2D eigenvalue weighted by molar-refractivity contribution is -0.384. The van der Waals surface area contributed by atoms with Crippen molar-refractivity contribution in [2.75, 3.05) is 30.4 Å². The second kappa shape index (κ2) is 6.51. The van der Waals surface area contributed by atoms with Crippen LogP contribution in [0, 0.1) is 16.0 Å². The molecule has 1 saturated heterocycles. The smallest absolute Gasteiger partial charge is 0.311 e. The highest BCUT2D eigenvalue weighted by Gasteiger charge is 2.25. The summed E-state index contributed by atoms with van der Waals surface area (Å²) in [5, 5.41) is 17.3. The molecule has 2 heterocycles. The highest BCUT2D eigenvalue weighted by Crippen LogP contribution is 2.27. The monoisotopic (exact) mass is 280 g/mol. The Hall–Kier alpha value is -1.89. The first kappa shape index (κ1) is 14.5. The van der Waals surface area contributed by atoms with Gasteiger partial charge in [0.05, 0.1) is 11.5 Å². The Morgan fingerprint density at radius 3 is 3.00 bits per heavy atom. The van der Waals surface area contributed by atoms with Crippen LogP contribution >= 0.6 is 0 Å². The van der Waals surface area contributed by atoms with Gasteiger partial charge < -0.3 is 15.4 Å². The van der Waals surface area contributed by atoms with Gasteiger partial charge in [0.25, 0.3) is 0 Å². The molecular formula is C13H20N4O3. The molecule has 1 aliphatic heterocycles. The predicted octanol–water partition coefficient (Wildman–Crippen LogP) is 2.26. The first-order valence-corrected chi connectivity index (χ1v) is 6.85. The number of hydrogen-bond acceptors (Lipinski definition) is 6. The third-order valence-corrected chi connectivity index (χ3v) is 3.46. The summed E-state index contributed by atoms with van der Waals surface area (Å²) in [6.07, 6.45) is 0.967. The van der Waals surface area contributed by atoms with Crippen LogP contribution in [0.1, 0.15) is 20.3 Å². The maximum Gasteiger partial charge on any atom is 0.311 e. The van der Waals surface area contributed by atoms with Gasteiger partial charge in [0.2, 0.25) is 5.82 Å². The Bertz CT molecular complexity index is 475. The normalized spacial score (nSPS) is 19.6. The van der Waals surface area contributed by atoms with E-state index in [0.717, 1.165) is 19.6 Å². The minimum Gasteiger partial charge on any atom is -0.381 e. The molecule has 0 bridgehead atoms. The van der Waals surface area contributed by atoms with E-state index in [1.807, 2.05) is 13.8 Å². The quantitative estimate of drug-likeness (QED) is 0.613. The molecule has 7 nitrogen and oxygen atoms in total. The second-order valence-electron chi connectivity index (χ2n) is 4.91. The number of rotatable bonds is 6. The molecule has 0 aromatic carbocycles. The first-order chi connectivity index (χ1) is 9.61. The standard InChI is InChI=1S/C13H20N4O3/c1-3-14-12-5-4-11(17(18)19)13(16-12)15-9(2)10-6-7-20-8-10/h4-5,9-10H,3,6-8H2,1-2H3,(H2,14,15,16). The highest BCUT2D eigenvalue weighted by molar-refractivity contribution is 5.60. The van der Waals surface area contributed by atoms with E-state index in [-0.39, 0.29) is 11.7 Å². The summed E-state index contributed by atoms with van der Waals surface area (Å²) in [4.78, 5) is 15.0. The minimum atomic E-state index is -0.414. The molecule has 0 spiro atoms. The lowest BCUT2D eigenvalue weighted by Gasteiger charge is -2.20. The molecule has 2 N–H and O–H groups in total. The second-order valence-corrected chi connectivity index (χ2v) is 4.91. The van der Waals surface area contributed by atoms with Gasteiger partial charge in [-0.2, -0.15) is 0 Å². The Balaban J connectivity index is 2.17. The van der Waals surface area contributed by atoms with Gasteiger partial charge in [0.1, 0.15) is 5.82 Å². The van der Waals surface area contributed by atoms with E-state index in [0.29, 0.717) is 24.2 Å². The summed E-state index contributed by atoms with van der Waals surface area (Å²) in [5.74, 6) is 1.31. The van der Waals surface area contributed by atoms with Crippen molar-refractivity contribution in [2.24, 2.45) is 5.92 Å². The van der Waals surface area contributed by atoms with E-state index in [1.54, 1.807) is 6.07 Å². The fourth-order valence-electron chi connectivity index (χ4n) is 2.27. The maximum absolute atomic E-state index is 11.1. The molecule has 2 rings (SSSR count). The average Bonchev–Trinajstić information content (AvgIpc) is 2.93. The predicted molar refractivity (Wildman–Crippen MR) is 77.1 cm³/mol. The molecule has 2 unspecified atom stereocenters. The molecule has 7 heteroatoms. The van der Waals surface area contributed by atoms with Crippen molar-refractivity contribution in [2.45, 2.75) is 26.3 Å². The third-order valence-electron chi connectivity index (χ3n) is 3.46. The first-order valence-electron chi connectivity index (χ1n) is 6.85. The summed E-state index contributed by atoms with van der Waals surface area (Å²) < 4.78 is 5.35. The van der Waals surface area contributed by atoms with Crippen molar-refractivity contribution in [3.8, 4) is 0 Å². The molecule has 2 atom stereocenters. The van der Waals surface area contributed by atoms with Crippen molar-refractivity contribution >= 4 is 17.3 Å². The summed E-state index contributed by atoms with van der Waals surface area (Å²) in [5.41, 5.74) is -0.00239. The van der Waals surface area contributed by atoms with Crippen molar-refractivity contribution in [1.29, 1.82) is 0 Å². The fourth-order valence-corrected chi connectivity index (χ4v) is 2.27. The molecule has 1 fully saturated rings.